The van der Waals surface area contributed by atoms with E-state index in [-0.39, 0.29) is 49.3 Å². The van der Waals surface area contributed by atoms with E-state index in [1.807, 2.05) is 83.1 Å². The maximum Gasteiger partial charge on any atom is 0.241 e. The van der Waals surface area contributed by atoms with Crippen LogP contribution in [0.4, 0.5) is 5.69 Å². The first-order chi connectivity index (χ1) is 34.3. The lowest BCUT2D eigenvalue weighted by Gasteiger charge is -2.52. The van der Waals surface area contributed by atoms with Gasteiger partial charge in [-0.1, -0.05) is 153 Å². The smallest absolute Gasteiger partial charge is 0.241 e. The number of imidazole rings is 1. The van der Waals surface area contributed by atoms with Crippen molar-refractivity contribution < 1.29 is 28.8 Å². The topological polar surface area (TPSA) is 147 Å². The first kappa shape index (κ1) is 50.1. The third kappa shape index (κ3) is 10.4. The van der Waals surface area contributed by atoms with E-state index in [2.05, 4.69) is 4.98 Å². The number of benzene rings is 5. The fourth-order valence-electron chi connectivity index (χ4n) is 10.6. The average molecular weight is 954 g/mol. The van der Waals surface area contributed by atoms with E-state index in [9.17, 15) is 0 Å². The maximum absolute atomic E-state index is 15.5. The molecule has 2 saturated heterocycles. The van der Waals surface area contributed by atoms with Gasteiger partial charge in [-0.15, -0.1) is 0 Å². The number of carbonyl (C=O) groups excluding carboxylic acids is 6. The van der Waals surface area contributed by atoms with Crippen LogP contribution >= 0.6 is 0 Å². The number of anilines is 1. The van der Waals surface area contributed by atoms with Crippen LogP contribution in [-0.4, -0.2) is 143 Å². The van der Waals surface area contributed by atoms with Gasteiger partial charge in [-0.2, -0.15) is 0 Å². The first-order valence-corrected chi connectivity index (χ1v) is 24.5. The van der Waals surface area contributed by atoms with Crippen molar-refractivity contribution >= 4 is 40.6 Å². The lowest BCUT2D eigenvalue weighted by molar-refractivity contribution is -0.149. The van der Waals surface area contributed by atoms with Crippen LogP contribution < -0.4 is 4.90 Å². The summed E-state index contributed by atoms with van der Waals surface area (Å²) in [5.41, 5.74) is 3.85. The Bertz CT molecular complexity index is 2700. The van der Waals surface area contributed by atoms with E-state index >= 15 is 28.8 Å². The van der Waals surface area contributed by atoms with E-state index in [1.165, 1.54) is 9.80 Å². The molecule has 1 aromatic heterocycles. The number of hydrogen-bond acceptors (Lipinski definition) is 10. The molecule has 1 N–H and O–H groups in total. The van der Waals surface area contributed by atoms with E-state index < -0.39 is 53.7 Å². The summed E-state index contributed by atoms with van der Waals surface area (Å²) < 4.78 is 0. The van der Waals surface area contributed by atoms with Crippen molar-refractivity contribution in [2.45, 2.75) is 56.8 Å². The Morgan fingerprint density at radius 2 is 0.859 bits per heavy atom. The number of aromatic amines is 1. The molecule has 8 rings (SSSR count). The van der Waals surface area contributed by atoms with Crippen molar-refractivity contribution in [1.82, 2.24) is 29.6 Å². The number of hydrogen-bond donors (Lipinski definition) is 1. The summed E-state index contributed by atoms with van der Waals surface area (Å²) in [5.74, 6) is -3.66. The number of ketones is 4. The molecule has 2 aliphatic heterocycles. The SMILES string of the molecule is CCc1nc(C2[C@@H](C(=O)c3ccccc3)CN(C(C(=O)N(C)C)C(C(=O)N(C)C)N3C[C@@H](C(=O)c4ccccc4)N(c4ccccc4)[C@H](C(=O)c4ccccc4)C3)C[C@H]2C(=O)c2ccccc2)c(CC)[nH]1. The number of para-hydroxylation sites is 1. The molecule has 3 unspecified atom stereocenters. The van der Waals surface area contributed by atoms with Gasteiger partial charge < -0.3 is 19.7 Å². The molecule has 0 spiro atoms. The first-order valence-electron chi connectivity index (χ1n) is 24.5. The van der Waals surface area contributed by atoms with Crippen molar-refractivity contribution in [2.24, 2.45) is 11.8 Å². The normalized spacial score (nSPS) is 20.4. The minimum absolute atomic E-state index is 0.0153. The standard InChI is InChI=1S/C58H63N7O6/c1-7-45-50(60-48(8-2)59-45)49-43(53(66)38-24-14-9-15-25-38)34-63(35-44(49)54(67)39-26-16-10-17-27-39)51(57(70)61(3)4)52(58(71)62(5)6)64-36-46(55(68)40-28-18-11-19-29-40)65(42-32-22-13-23-33-42)47(37-64)56(69)41-30-20-12-21-31-41/h9-33,43-44,46-47,49,51-52H,7-8,34-37H2,1-6H3,(H,59,60)/t43-,44+,46-,47-,49?,51?,52?/m0/s1. The number of piperazine rings is 1. The molecule has 366 valence electrons. The number of aryl methyl sites for hydroxylation is 2. The Morgan fingerprint density at radius 3 is 1.21 bits per heavy atom. The van der Waals surface area contributed by atoms with Crippen LogP contribution in [0.3, 0.4) is 0 Å². The molecule has 0 aliphatic carbocycles. The second kappa shape index (κ2) is 22.2. The van der Waals surface area contributed by atoms with Crippen molar-refractivity contribution in [3.05, 3.63) is 191 Å². The zero-order valence-electron chi connectivity index (χ0n) is 41.4. The largest absolute Gasteiger partial charge is 0.348 e. The number of H-pyrrole nitrogens is 1. The number of likely N-dealkylation sites (tertiary alicyclic amines) is 1. The Balaban J connectivity index is 1.33. The molecular weight excluding hydrogens is 891 g/mol. The van der Waals surface area contributed by atoms with Crippen molar-refractivity contribution in [1.29, 1.82) is 0 Å². The number of aromatic nitrogens is 2. The summed E-state index contributed by atoms with van der Waals surface area (Å²) >= 11 is 0. The molecule has 2 fully saturated rings. The quantitative estimate of drug-likeness (QED) is 0.0934. The minimum atomic E-state index is -1.31. The number of Topliss-reactive ketones (excluding diaryl/α,β-unsaturated/α-hetero) is 4. The zero-order valence-corrected chi connectivity index (χ0v) is 41.4. The van der Waals surface area contributed by atoms with Gasteiger partial charge in [0.1, 0.15) is 30.0 Å². The van der Waals surface area contributed by atoms with E-state index in [1.54, 1.807) is 125 Å². The molecule has 0 saturated carbocycles. The van der Waals surface area contributed by atoms with Gasteiger partial charge in [0, 0.05) is 112 Å². The van der Waals surface area contributed by atoms with E-state index in [4.69, 9.17) is 4.98 Å². The summed E-state index contributed by atoms with van der Waals surface area (Å²) in [4.78, 5) is 109. The Hall–Kier alpha value is -7.35. The average Bonchev–Trinajstić information content (AvgIpc) is 3.85. The van der Waals surface area contributed by atoms with Gasteiger partial charge in [0.05, 0.1) is 5.69 Å². The van der Waals surface area contributed by atoms with E-state index in [0.717, 1.165) is 11.5 Å². The molecule has 71 heavy (non-hydrogen) atoms. The van der Waals surface area contributed by atoms with Gasteiger partial charge in [0.2, 0.25) is 11.8 Å². The van der Waals surface area contributed by atoms with Crippen molar-refractivity contribution in [3.63, 3.8) is 0 Å². The summed E-state index contributed by atoms with van der Waals surface area (Å²) in [6.07, 6.45) is 1.18. The molecule has 0 bridgehead atoms. The second-order valence-corrected chi connectivity index (χ2v) is 19.0. The van der Waals surface area contributed by atoms with Gasteiger partial charge in [0.15, 0.2) is 23.1 Å². The predicted octanol–water partition coefficient (Wildman–Crippen LogP) is 7.17. The number of rotatable bonds is 17. The highest BCUT2D eigenvalue weighted by atomic mass is 16.2. The third-order valence-corrected chi connectivity index (χ3v) is 14.1. The van der Waals surface area contributed by atoms with Gasteiger partial charge in [-0.3, -0.25) is 38.6 Å². The number of carbonyl (C=O) groups is 6. The molecule has 13 heteroatoms. The number of amides is 2. The molecule has 0 radical (unpaired) electrons. The van der Waals surface area contributed by atoms with Gasteiger partial charge in [0.25, 0.3) is 0 Å². The maximum atomic E-state index is 15.5. The Kier molecular flexibility index (Phi) is 15.6. The predicted molar refractivity (Wildman–Crippen MR) is 275 cm³/mol. The van der Waals surface area contributed by atoms with Crippen LogP contribution in [0.2, 0.25) is 0 Å². The number of piperidine rings is 1. The summed E-state index contributed by atoms with van der Waals surface area (Å²) in [7, 11) is 6.49. The van der Waals surface area contributed by atoms with Gasteiger partial charge >= 0.3 is 0 Å². The second-order valence-electron chi connectivity index (χ2n) is 19.0. The van der Waals surface area contributed by atoms with Crippen molar-refractivity contribution in [2.75, 3.05) is 59.3 Å². The van der Waals surface area contributed by atoms with E-state index in [0.29, 0.717) is 46.5 Å². The van der Waals surface area contributed by atoms with Gasteiger partial charge in [-0.05, 0) is 18.6 Å². The van der Waals surface area contributed by atoms with Crippen LogP contribution in [-0.2, 0) is 22.4 Å². The molecule has 2 aliphatic rings. The molecule has 5 aromatic carbocycles. The fourth-order valence-corrected chi connectivity index (χ4v) is 10.6. The lowest BCUT2D eigenvalue weighted by atomic mass is 9.69. The molecule has 7 atom stereocenters. The van der Waals surface area contributed by atoms with Crippen LogP contribution in [0.15, 0.2) is 152 Å². The highest BCUT2D eigenvalue weighted by molar-refractivity contribution is 6.07. The van der Waals surface area contributed by atoms with Crippen LogP contribution in [0, 0.1) is 11.8 Å². The number of likely N-dealkylation sites (N-methyl/N-ethyl adjacent to an activating group) is 2. The fraction of sp³-hybridized carbons (Fsp3) is 0.328. The molecule has 13 nitrogen and oxygen atoms in total. The summed E-state index contributed by atoms with van der Waals surface area (Å²) in [5, 5.41) is 0. The van der Waals surface area contributed by atoms with Crippen LogP contribution in [0.1, 0.15) is 78.4 Å². The summed E-state index contributed by atoms with van der Waals surface area (Å²) in [6, 6.07) is 40.4. The van der Waals surface area contributed by atoms with Crippen LogP contribution in [0.5, 0.6) is 0 Å². The zero-order chi connectivity index (χ0) is 50.3. The lowest BCUT2D eigenvalue weighted by Crippen LogP contribution is -2.72. The van der Waals surface area contributed by atoms with Crippen LogP contribution in [0.25, 0.3) is 0 Å². The Labute approximate surface area is 416 Å². The van der Waals surface area contributed by atoms with Gasteiger partial charge in [-0.25, -0.2) is 4.98 Å². The summed E-state index contributed by atoms with van der Waals surface area (Å²) in [6.45, 7) is 3.88. The molecule has 3 heterocycles. The Morgan fingerprint density at radius 1 is 0.507 bits per heavy atom. The highest BCUT2D eigenvalue weighted by Gasteiger charge is 2.54. The highest BCUT2D eigenvalue weighted by Crippen LogP contribution is 2.43. The monoisotopic (exact) mass is 953 g/mol. The third-order valence-electron chi connectivity index (χ3n) is 14.1. The number of nitrogens with zero attached hydrogens (tertiary/aromatic N) is 6. The molecular formula is C58H63N7O6. The minimum Gasteiger partial charge on any atom is -0.348 e. The number of nitrogens with one attached hydrogen (secondary N) is 1. The van der Waals surface area contributed by atoms with Crippen molar-refractivity contribution in [3.8, 4) is 0 Å². The molecule has 6 aromatic rings. The molecule has 2 amide bonds.